The summed E-state index contributed by atoms with van der Waals surface area (Å²) in [4.78, 5) is 18.1. The fourth-order valence-electron chi connectivity index (χ4n) is 3.64. The third kappa shape index (κ3) is 6.30. The van der Waals surface area contributed by atoms with E-state index in [2.05, 4.69) is 50.5 Å². The van der Waals surface area contributed by atoms with E-state index in [1.54, 1.807) is 31.5 Å². The van der Waals surface area contributed by atoms with Gasteiger partial charge in [-0.05, 0) is 82.6 Å². The molecule has 0 amide bonds. The molecule has 0 aliphatic heterocycles. The maximum absolute atomic E-state index is 13.4. The summed E-state index contributed by atoms with van der Waals surface area (Å²) in [5.74, 6) is 1.80. The molecule has 0 aliphatic rings. The third-order valence-corrected chi connectivity index (χ3v) is 7.86. The summed E-state index contributed by atoms with van der Waals surface area (Å²) in [5.41, 5.74) is 2.06. The number of benzene rings is 3. The first-order valence-corrected chi connectivity index (χ1v) is 14.0. The van der Waals surface area contributed by atoms with Crippen LogP contribution in [0.2, 0.25) is 10.0 Å². The first kappa shape index (κ1) is 27.9. The average molecular weight is 715 g/mol. The molecule has 1 aromatic heterocycles. The van der Waals surface area contributed by atoms with E-state index in [-0.39, 0.29) is 11.5 Å². The predicted octanol–water partition coefficient (Wildman–Crippen LogP) is 8.05. The molecule has 0 bridgehead atoms. The zero-order valence-corrected chi connectivity index (χ0v) is 25.5. The normalized spacial score (nSPS) is 12.3. The number of hydrogen-bond acceptors (Lipinski definition) is 5. The van der Waals surface area contributed by atoms with Gasteiger partial charge in [0, 0.05) is 10.4 Å². The van der Waals surface area contributed by atoms with Gasteiger partial charge in [0.15, 0.2) is 11.5 Å². The molecule has 0 saturated heterocycles. The lowest BCUT2D eigenvalue weighted by Crippen LogP contribution is -2.23. The van der Waals surface area contributed by atoms with Gasteiger partial charge in [-0.25, -0.2) is 4.98 Å². The molecule has 0 N–H and O–H groups in total. The minimum atomic E-state index is -0.221. The first-order valence-electron chi connectivity index (χ1n) is 11.4. The van der Waals surface area contributed by atoms with Crippen molar-refractivity contribution in [2.75, 3.05) is 7.11 Å². The second kappa shape index (κ2) is 12.1. The molecule has 0 saturated carbocycles. The fourth-order valence-corrected chi connectivity index (χ4v) is 5.11. The summed E-state index contributed by atoms with van der Waals surface area (Å²) in [6.07, 6.45) is 2.45. The molecule has 1 heterocycles. The van der Waals surface area contributed by atoms with Crippen LogP contribution in [0.25, 0.3) is 10.9 Å². The zero-order chi connectivity index (χ0) is 26.7. The molecular formula is C27H23BrCl2IN3O3. The summed E-state index contributed by atoms with van der Waals surface area (Å²) < 4.78 is 14.7. The van der Waals surface area contributed by atoms with Gasteiger partial charge in [-0.1, -0.05) is 59.0 Å². The summed E-state index contributed by atoms with van der Waals surface area (Å²) in [6, 6.07) is 14.6. The lowest BCUT2D eigenvalue weighted by atomic mass is 10.1. The lowest BCUT2D eigenvalue weighted by Gasteiger charge is -2.15. The molecule has 6 nitrogen and oxygen atoms in total. The van der Waals surface area contributed by atoms with E-state index in [0.29, 0.717) is 44.9 Å². The standard InChI is InChI=1S/C27H23BrCl2IN3O3/c1-4-15(2)26-33-23-8-6-18(28)12-19(23)27(35)34(26)32-13-17-10-22(31)25(24(11-17)36-3)37-14-16-5-7-20(29)21(30)9-16/h5-13,15H,4,14H2,1-3H3/t15-/m1/s1. The number of methoxy groups -OCH3 is 1. The minimum Gasteiger partial charge on any atom is -0.493 e. The molecule has 4 rings (SSSR count). The number of nitrogens with zero attached hydrogens (tertiary/aromatic N) is 3. The summed E-state index contributed by atoms with van der Waals surface area (Å²) in [5, 5.41) is 6.02. The number of halogens is 4. The molecule has 0 aliphatic carbocycles. The molecule has 0 spiro atoms. The van der Waals surface area contributed by atoms with Crippen molar-refractivity contribution in [3.8, 4) is 11.5 Å². The van der Waals surface area contributed by atoms with E-state index < -0.39 is 0 Å². The van der Waals surface area contributed by atoms with Crippen LogP contribution >= 0.6 is 61.7 Å². The Morgan fingerprint density at radius 3 is 2.65 bits per heavy atom. The van der Waals surface area contributed by atoms with E-state index in [1.807, 2.05) is 37.3 Å². The molecule has 10 heteroatoms. The molecule has 0 radical (unpaired) electrons. The molecular weight excluding hydrogens is 692 g/mol. The molecule has 1 atom stereocenters. The van der Waals surface area contributed by atoms with E-state index >= 15 is 0 Å². The Kier molecular flexibility index (Phi) is 9.15. The maximum Gasteiger partial charge on any atom is 0.282 e. The Balaban J connectivity index is 1.69. The number of ether oxygens (including phenoxy) is 2. The Labute approximate surface area is 246 Å². The number of aromatic nitrogens is 2. The molecule has 3 aromatic carbocycles. The fraction of sp³-hybridized carbons (Fsp3) is 0.222. The van der Waals surface area contributed by atoms with Gasteiger partial charge in [-0.3, -0.25) is 4.79 Å². The van der Waals surface area contributed by atoms with Crippen LogP contribution in [0.1, 0.15) is 43.1 Å². The number of fused-ring (bicyclic) bond motifs is 1. The predicted molar refractivity (Wildman–Crippen MR) is 162 cm³/mol. The molecule has 0 unspecified atom stereocenters. The van der Waals surface area contributed by atoms with Crippen LogP contribution in [-0.4, -0.2) is 23.0 Å². The van der Waals surface area contributed by atoms with E-state index in [4.69, 9.17) is 37.7 Å². The van der Waals surface area contributed by atoms with Crippen LogP contribution in [0.5, 0.6) is 11.5 Å². The van der Waals surface area contributed by atoms with Crippen LogP contribution < -0.4 is 15.0 Å². The van der Waals surface area contributed by atoms with Gasteiger partial charge in [0.1, 0.15) is 12.4 Å². The van der Waals surface area contributed by atoms with Crippen molar-refractivity contribution in [3.63, 3.8) is 0 Å². The molecule has 4 aromatic rings. The average Bonchev–Trinajstić information content (AvgIpc) is 2.88. The van der Waals surface area contributed by atoms with Gasteiger partial charge in [-0.15, -0.1) is 0 Å². The van der Waals surface area contributed by atoms with Gasteiger partial charge in [0.05, 0.1) is 37.8 Å². The van der Waals surface area contributed by atoms with Crippen molar-refractivity contribution >= 4 is 78.8 Å². The SMILES string of the molecule is CC[C@@H](C)c1nc2ccc(Br)cc2c(=O)n1N=Cc1cc(I)c(OCc2ccc(Cl)c(Cl)c2)c(OC)c1. The largest absolute Gasteiger partial charge is 0.493 e. The van der Waals surface area contributed by atoms with Gasteiger partial charge >= 0.3 is 0 Å². The van der Waals surface area contributed by atoms with Gasteiger partial charge in [0.25, 0.3) is 5.56 Å². The highest BCUT2D eigenvalue weighted by Gasteiger charge is 2.16. The van der Waals surface area contributed by atoms with E-state index in [9.17, 15) is 4.79 Å². The number of rotatable bonds is 8. The van der Waals surface area contributed by atoms with Gasteiger partial charge < -0.3 is 9.47 Å². The van der Waals surface area contributed by atoms with Crippen molar-refractivity contribution in [3.05, 3.63) is 93.9 Å². The highest BCUT2D eigenvalue weighted by atomic mass is 127. The Bertz CT molecular complexity index is 1560. The monoisotopic (exact) mass is 713 g/mol. The number of hydrogen-bond donors (Lipinski definition) is 0. The minimum absolute atomic E-state index is 0.0460. The van der Waals surface area contributed by atoms with Crippen molar-refractivity contribution in [1.29, 1.82) is 0 Å². The summed E-state index contributed by atoms with van der Waals surface area (Å²) in [6.45, 7) is 4.38. The van der Waals surface area contributed by atoms with Crippen molar-refractivity contribution in [2.45, 2.75) is 32.8 Å². The quantitative estimate of drug-likeness (QED) is 0.137. The molecule has 37 heavy (non-hydrogen) atoms. The van der Waals surface area contributed by atoms with Crippen LogP contribution in [0.3, 0.4) is 0 Å². The van der Waals surface area contributed by atoms with Crippen molar-refractivity contribution < 1.29 is 9.47 Å². The van der Waals surface area contributed by atoms with Crippen LogP contribution in [0, 0.1) is 3.57 Å². The van der Waals surface area contributed by atoms with Crippen LogP contribution in [0.4, 0.5) is 0 Å². The Hall–Kier alpha value is -2.14. The van der Waals surface area contributed by atoms with Crippen LogP contribution in [-0.2, 0) is 6.61 Å². The van der Waals surface area contributed by atoms with E-state index in [0.717, 1.165) is 25.6 Å². The highest BCUT2D eigenvalue weighted by Crippen LogP contribution is 2.34. The lowest BCUT2D eigenvalue weighted by molar-refractivity contribution is 0.282. The van der Waals surface area contributed by atoms with Crippen LogP contribution in [0.15, 0.2) is 62.9 Å². The Morgan fingerprint density at radius 2 is 1.95 bits per heavy atom. The topological polar surface area (TPSA) is 65.7 Å². The first-order chi connectivity index (χ1) is 17.7. The second-order valence-corrected chi connectivity index (χ2v) is 11.3. The van der Waals surface area contributed by atoms with Gasteiger partial charge in [0.2, 0.25) is 0 Å². The third-order valence-electron chi connectivity index (χ3n) is 5.83. The molecule has 0 fully saturated rings. The smallest absolute Gasteiger partial charge is 0.282 e. The second-order valence-electron chi connectivity index (χ2n) is 8.37. The zero-order valence-electron chi connectivity index (χ0n) is 20.3. The summed E-state index contributed by atoms with van der Waals surface area (Å²) >= 11 is 17.8. The maximum atomic E-state index is 13.4. The van der Waals surface area contributed by atoms with Gasteiger partial charge in [-0.2, -0.15) is 9.78 Å². The molecule has 192 valence electrons. The highest BCUT2D eigenvalue weighted by molar-refractivity contribution is 14.1. The van der Waals surface area contributed by atoms with Crippen molar-refractivity contribution in [2.24, 2.45) is 5.10 Å². The van der Waals surface area contributed by atoms with Crippen molar-refractivity contribution in [1.82, 2.24) is 9.66 Å². The van der Waals surface area contributed by atoms with E-state index in [1.165, 1.54) is 4.68 Å². The summed E-state index contributed by atoms with van der Waals surface area (Å²) in [7, 11) is 1.58. The Morgan fingerprint density at radius 1 is 1.16 bits per heavy atom.